The number of rotatable bonds is 6. The van der Waals surface area contributed by atoms with Gasteiger partial charge < -0.3 is 4.42 Å². The summed E-state index contributed by atoms with van der Waals surface area (Å²) < 4.78 is 6.67. The molecule has 0 radical (unpaired) electrons. The van der Waals surface area contributed by atoms with Crippen LogP contribution >= 0.6 is 0 Å². The Morgan fingerprint density at radius 3 is 1.46 bits per heavy atom. The summed E-state index contributed by atoms with van der Waals surface area (Å²) >= 11 is 0. The third-order valence-electron chi connectivity index (χ3n) is 11.1. The Labute approximate surface area is 330 Å². The van der Waals surface area contributed by atoms with Gasteiger partial charge in [0.1, 0.15) is 11.2 Å². The van der Waals surface area contributed by atoms with Crippen LogP contribution < -0.4 is 0 Å². The molecule has 0 unspecified atom stereocenters. The van der Waals surface area contributed by atoms with E-state index in [0.29, 0.717) is 5.82 Å². The normalized spacial score (nSPS) is 11.5. The molecule has 0 aliphatic rings. The van der Waals surface area contributed by atoms with E-state index in [0.717, 1.165) is 61.0 Å². The van der Waals surface area contributed by atoms with Crippen LogP contribution in [0, 0.1) is 0 Å². The van der Waals surface area contributed by atoms with E-state index in [1.807, 2.05) is 36.4 Å². The minimum atomic E-state index is 0.711. The first-order chi connectivity index (χ1) is 28.3. The molecular formula is C54H34N2O. The molecule has 2 heterocycles. The molecule has 0 N–H and O–H groups in total. The van der Waals surface area contributed by atoms with Gasteiger partial charge in [-0.1, -0.05) is 188 Å². The van der Waals surface area contributed by atoms with Crippen LogP contribution in [0.4, 0.5) is 0 Å². The Morgan fingerprint density at radius 1 is 0.298 bits per heavy atom. The van der Waals surface area contributed by atoms with Crippen molar-refractivity contribution < 1.29 is 4.42 Å². The van der Waals surface area contributed by atoms with E-state index < -0.39 is 0 Å². The summed E-state index contributed by atoms with van der Waals surface area (Å²) in [6, 6.07) is 72.7. The predicted octanol–water partition coefficient (Wildman–Crippen LogP) is 14.7. The van der Waals surface area contributed by atoms with E-state index >= 15 is 0 Å². The lowest BCUT2D eigenvalue weighted by Crippen LogP contribution is -1.95. The number of furan rings is 1. The van der Waals surface area contributed by atoms with Crippen LogP contribution in [0.3, 0.4) is 0 Å². The smallest absolute Gasteiger partial charge is 0.160 e. The van der Waals surface area contributed by atoms with Crippen molar-refractivity contribution in [3.63, 3.8) is 0 Å². The second kappa shape index (κ2) is 13.6. The fourth-order valence-corrected chi connectivity index (χ4v) is 8.40. The molecule has 0 amide bonds. The number of hydrogen-bond donors (Lipinski definition) is 0. The monoisotopic (exact) mass is 726 g/mol. The molecule has 57 heavy (non-hydrogen) atoms. The van der Waals surface area contributed by atoms with E-state index in [1.165, 1.54) is 44.0 Å². The zero-order chi connectivity index (χ0) is 37.7. The second-order valence-corrected chi connectivity index (χ2v) is 14.5. The third-order valence-corrected chi connectivity index (χ3v) is 11.1. The van der Waals surface area contributed by atoms with Crippen molar-refractivity contribution >= 4 is 43.5 Å². The number of fused-ring (bicyclic) bond motifs is 6. The first kappa shape index (κ1) is 32.8. The van der Waals surface area contributed by atoms with Crippen molar-refractivity contribution in [2.45, 2.75) is 0 Å². The zero-order valence-corrected chi connectivity index (χ0v) is 30.9. The van der Waals surface area contributed by atoms with Gasteiger partial charge in [0.25, 0.3) is 0 Å². The molecule has 3 nitrogen and oxygen atoms in total. The molecule has 0 bridgehead atoms. The summed E-state index contributed by atoms with van der Waals surface area (Å²) in [7, 11) is 0. The number of aromatic nitrogens is 2. The molecule has 11 aromatic rings. The average Bonchev–Trinajstić information content (AvgIpc) is 3.68. The first-order valence-electron chi connectivity index (χ1n) is 19.3. The van der Waals surface area contributed by atoms with Crippen molar-refractivity contribution in [2.75, 3.05) is 0 Å². The van der Waals surface area contributed by atoms with Crippen LogP contribution in [0.2, 0.25) is 0 Å². The van der Waals surface area contributed by atoms with E-state index in [9.17, 15) is 0 Å². The Balaban J connectivity index is 1.04. The summed E-state index contributed by atoms with van der Waals surface area (Å²) in [6.45, 7) is 0. The van der Waals surface area contributed by atoms with Crippen molar-refractivity contribution in [3.8, 4) is 67.3 Å². The summed E-state index contributed by atoms with van der Waals surface area (Å²) in [5.74, 6) is 0.711. The molecule has 0 aliphatic carbocycles. The Morgan fingerprint density at radius 2 is 0.789 bits per heavy atom. The lowest BCUT2D eigenvalue weighted by molar-refractivity contribution is 0.673. The molecule has 0 spiro atoms. The molecule has 0 fully saturated rings. The van der Waals surface area contributed by atoms with Crippen molar-refractivity contribution in [3.05, 3.63) is 206 Å². The van der Waals surface area contributed by atoms with Crippen molar-refractivity contribution in [1.82, 2.24) is 9.97 Å². The largest absolute Gasteiger partial charge is 0.455 e. The van der Waals surface area contributed by atoms with Gasteiger partial charge in [-0.3, -0.25) is 0 Å². The summed E-state index contributed by atoms with van der Waals surface area (Å²) in [5.41, 5.74) is 13.8. The molecule has 3 heteroatoms. The standard InChI is InChI=1S/C54H34N2O/c1-4-15-35(16-5-1)41-25-14-26-51-52(41)48-33-47(44-23-12-13-24-46(44)53(48)57-51)45-32-31-40(42-21-10-11-22-43(42)45)36-27-29-38(30-28-36)50-34-49(37-17-6-2-7-18-37)55-54(56-50)39-19-8-3-9-20-39/h1-34H. The van der Waals surface area contributed by atoms with E-state index in [1.54, 1.807) is 0 Å². The van der Waals surface area contributed by atoms with Gasteiger partial charge >= 0.3 is 0 Å². The second-order valence-electron chi connectivity index (χ2n) is 14.5. The highest BCUT2D eigenvalue weighted by atomic mass is 16.3. The molecule has 266 valence electrons. The van der Waals surface area contributed by atoms with E-state index in [2.05, 4.69) is 170 Å². The fraction of sp³-hybridized carbons (Fsp3) is 0. The molecular weight excluding hydrogens is 693 g/mol. The van der Waals surface area contributed by atoms with Gasteiger partial charge in [0.05, 0.1) is 11.4 Å². The van der Waals surface area contributed by atoms with Gasteiger partial charge in [0, 0.05) is 32.8 Å². The maximum atomic E-state index is 6.67. The van der Waals surface area contributed by atoms with Crippen LogP contribution in [0.1, 0.15) is 0 Å². The minimum absolute atomic E-state index is 0.711. The van der Waals surface area contributed by atoms with E-state index in [4.69, 9.17) is 14.4 Å². The minimum Gasteiger partial charge on any atom is -0.455 e. The van der Waals surface area contributed by atoms with Crippen LogP contribution in [0.15, 0.2) is 211 Å². The SMILES string of the molecule is c1ccc(-c2cc(-c3ccc(-c4ccc(-c5cc6c(oc7cccc(-c8ccccc8)c76)c6ccccc56)c5ccccc45)cc3)nc(-c3ccccc3)n2)cc1. The molecule has 2 aromatic heterocycles. The van der Waals surface area contributed by atoms with Crippen LogP contribution in [0.5, 0.6) is 0 Å². The number of nitrogens with zero attached hydrogens (tertiary/aromatic N) is 2. The van der Waals surface area contributed by atoms with Gasteiger partial charge in [-0.25, -0.2) is 9.97 Å². The van der Waals surface area contributed by atoms with Gasteiger partial charge in [0.2, 0.25) is 0 Å². The Hall–Kier alpha value is -7.62. The zero-order valence-electron chi connectivity index (χ0n) is 30.9. The van der Waals surface area contributed by atoms with Crippen molar-refractivity contribution in [2.24, 2.45) is 0 Å². The van der Waals surface area contributed by atoms with Crippen LogP contribution in [-0.2, 0) is 0 Å². The molecule has 0 saturated heterocycles. The predicted molar refractivity (Wildman–Crippen MR) is 237 cm³/mol. The van der Waals surface area contributed by atoms with Crippen LogP contribution in [-0.4, -0.2) is 9.97 Å². The fourth-order valence-electron chi connectivity index (χ4n) is 8.40. The van der Waals surface area contributed by atoms with E-state index in [-0.39, 0.29) is 0 Å². The Kier molecular flexibility index (Phi) is 7.82. The molecule has 9 aromatic carbocycles. The summed E-state index contributed by atoms with van der Waals surface area (Å²) in [4.78, 5) is 10.0. The van der Waals surface area contributed by atoms with Gasteiger partial charge in [-0.2, -0.15) is 0 Å². The topological polar surface area (TPSA) is 38.9 Å². The lowest BCUT2D eigenvalue weighted by Gasteiger charge is -2.15. The quantitative estimate of drug-likeness (QED) is 0.171. The Bertz CT molecular complexity index is 3200. The average molecular weight is 727 g/mol. The molecule has 0 aliphatic heterocycles. The van der Waals surface area contributed by atoms with Gasteiger partial charge in [-0.15, -0.1) is 0 Å². The maximum Gasteiger partial charge on any atom is 0.160 e. The summed E-state index contributed by atoms with van der Waals surface area (Å²) in [5, 5.41) is 6.95. The van der Waals surface area contributed by atoms with Crippen LogP contribution in [0.25, 0.3) is 111 Å². The maximum absolute atomic E-state index is 6.67. The molecule has 0 atom stereocenters. The highest BCUT2D eigenvalue weighted by Gasteiger charge is 2.19. The first-order valence-corrected chi connectivity index (χ1v) is 19.3. The highest BCUT2D eigenvalue weighted by molar-refractivity contribution is 6.23. The molecule has 11 rings (SSSR count). The molecule has 0 saturated carbocycles. The van der Waals surface area contributed by atoms with Gasteiger partial charge in [-0.05, 0) is 67.7 Å². The lowest BCUT2D eigenvalue weighted by atomic mass is 9.88. The third kappa shape index (κ3) is 5.68. The van der Waals surface area contributed by atoms with Gasteiger partial charge in [0.15, 0.2) is 5.82 Å². The number of hydrogen-bond acceptors (Lipinski definition) is 3. The number of benzene rings is 9. The summed E-state index contributed by atoms with van der Waals surface area (Å²) in [6.07, 6.45) is 0. The van der Waals surface area contributed by atoms with Crippen molar-refractivity contribution in [1.29, 1.82) is 0 Å². The highest BCUT2D eigenvalue weighted by Crippen LogP contribution is 2.45.